The van der Waals surface area contributed by atoms with Crippen molar-refractivity contribution in [1.29, 1.82) is 0 Å². The van der Waals surface area contributed by atoms with Crippen LogP contribution < -0.4 is 0 Å². The molecule has 0 aromatic heterocycles. The van der Waals surface area contributed by atoms with Crippen LogP contribution in [0.2, 0.25) is 0 Å². The molecule has 1 aliphatic carbocycles. The molecule has 5 rings (SSSR count). The van der Waals surface area contributed by atoms with Crippen molar-refractivity contribution in [2.45, 2.75) is 54.9 Å². The van der Waals surface area contributed by atoms with Gasteiger partial charge >= 0.3 is 0 Å². The summed E-state index contributed by atoms with van der Waals surface area (Å²) in [5, 5.41) is 0. The minimum Gasteiger partial charge on any atom is -0.376 e. The van der Waals surface area contributed by atoms with Gasteiger partial charge in [0.25, 0.3) is 16.6 Å². The van der Waals surface area contributed by atoms with E-state index in [1.165, 1.54) is 26.4 Å². The number of benzene rings is 1. The summed E-state index contributed by atoms with van der Waals surface area (Å²) in [6, 6.07) is 6.44. The van der Waals surface area contributed by atoms with Crippen LogP contribution >= 0.6 is 0 Å². The fraction of sp³-hybridized carbons (Fsp3) is 0.625. The molecule has 9 heteroatoms. The van der Waals surface area contributed by atoms with Gasteiger partial charge in [0.1, 0.15) is 36.6 Å². The molecule has 7 atom stereocenters. The zero-order valence-electron chi connectivity index (χ0n) is 14.0. The smallest absolute Gasteiger partial charge is 0.297 e. The lowest BCUT2D eigenvalue weighted by Gasteiger charge is -2.57. The Morgan fingerprint density at radius 2 is 1.32 bits per heavy atom. The summed E-state index contributed by atoms with van der Waals surface area (Å²) in [5.41, 5.74) is 0.955. The standard InChI is InChI=1S/C16H20O8S/c1-8-4-6-9(7-5-8)25(17,18)24-15-13-10(19-2)12-11(20-3)14(15)23-16(21-12)22-13/h4-7,10-16H,1-3H3/t10-,11+,12?,13-,14+,15?,16?. The summed E-state index contributed by atoms with van der Waals surface area (Å²) < 4.78 is 58.6. The fourth-order valence-electron chi connectivity index (χ4n) is 3.62. The van der Waals surface area contributed by atoms with E-state index in [0.717, 1.165) is 5.56 Å². The van der Waals surface area contributed by atoms with E-state index in [-0.39, 0.29) is 4.90 Å². The third-order valence-corrected chi connectivity index (χ3v) is 6.16. The van der Waals surface area contributed by atoms with Crippen LogP contribution in [0.1, 0.15) is 5.56 Å². The molecule has 0 N–H and O–H groups in total. The molecule has 3 saturated heterocycles. The third kappa shape index (κ3) is 2.80. The summed E-state index contributed by atoms with van der Waals surface area (Å²) in [6.45, 7) is 1.02. The van der Waals surface area contributed by atoms with Crippen molar-refractivity contribution >= 4 is 10.1 Å². The van der Waals surface area contributed by atoms with Gasteiger partial charge in [0.15, 0.2) is 0 Å². The average Bonchev–Trinajstić information content (AvgIpc) is 2.58. The Morgan fingerprint density at radius 3 is 1.80 bits per heavy atom. The summed E-state index contributed by atoms with van der Waals surface area (Å²) in [5.74, 6) is 0. The van der Waals surface area contributed by atoms with E-state index in [9.17, 15) is 8.42 Å². The molecule has 138 valence electrons. The first-order chi connectivity index (χ1) is 11.9. The monoisotopic (exact) mass is 372 g/mol. The van der Waals surface area contributed by atoms with Crippen LogP contribution in [0.25, 0.3) is 0 Å². The first-order valence-electron chi connectivity index (χ1n) is 7.96. The van der Waals surface area contributed by atoms with Crippen LogP contribution in [-0.2, 0) is 38.0 Å². The second kappa shape index (κ2) is 6.27. The van der Waals surface area contributed by atoms with Gasteiger partial charge in [-0.2, -0.15) is 8.42 Å². The minimum atomic E-state index is -4.00. The van der Waals surface area contributed by atoms with Crippen LogP contribution in [0.4, 0.5) is 0 Å². The molecule has 4 aliphatic rings. The predicted octanol–water partition coefficient (Wildman–Crippen LogP) is 0.579. The Morgan fingerprint density at radius 1 is 0.840 bits per heavy atom. The third-order valence-electron chi connectivity index (χ3n) is 4.84. The Kier molecular flexibility index (Phi) is 4.35. The highest BCUT2D eigenvalue weighted by Crippen LogP contribution is 2.43. The van der Waals surface area contributed by atoms with Gasteiger partial charge in [-0.3, -0.25) is 4.18 Å². The van der Waals surface area contributed by atoms with E-state index in [1.807, 2.05) is 6.92 Å². The molecule has 0 radical (unpaired) electrons. The fourth-order valence-corrected chi connectivity index (χ4v) is 4.71. The number of hydrogen-bond donors (Lipinski definition) is 0. The summed E-state index contributed by atoms with van der Waals surface area (Å²) in [4.78, 5) is 0.0751. The molecule has 1 aromatic carbocycles. The Balaban J connectivity index is 1.64. The lowest BCUT2D eigenvalue weighted by molar-refractivity contribution is -0.481. The first kappa shape index (κ1) is 17.3. The number of methoxy groups -OCH3 is 2. The molecule has 4 fully saturated rings. The maximum Gasteiger partial charge on any atom is 0.297 e. The van der Waals surface area contributed by atoms with Crippen molar-refractivity contribution in [2.75, 3.05) is 14.2 Å². The van der Waals surface area contributed by atoms with Gasteiger partial charge in [0.05, 0.1) is 4.90 Å². The van der Waals surface area contributed by atoms with E-state index in [2.05, 4.69) is 0 Å². The molecule has 1 aromatic rings. The highest BCUT2D eigenvalue weighted by Gasteiger charge is 2.64. The molecular formula is C16H20O8S. The number of hydrogen-bond acceptors (Lipinski definition) is 8. The summed E-state index contributed by atoms with van der Waals surface area (Å²) in [7, 11) is -0.971. The van der Waals surface area contributed by atoms with Crippen molar-refractivity contribution in [3.63, 3.8) is 0 Å². The van der Waals surface area contributed by atoms with Gasteiger partial charge in [-0.1, -0.05) is 17.7 Å². The van der Waals surface area contributed by atoms with Gasteiger partial charge in [-0.25, -0.2) is 0 Å². The van der Waals surface area contributed by atoms with Crippen molar-refractivity contribution in [3.05, 3.63) is 29.8 Å². The topological polar surface area (TPSA) is 89.5 Å². The molecule has 3 heterocycles. The quantitative estimate of drug-likeness (QED) is 0.694. The highest BCUT2D eigenvalue weighted by atomic mass is 32.2. The van der Waals surface area contributed by atoms with Crippen molar-refractivity contribution in [1.82, 2.24) is 0 Å². The second-order valence-corrected chi connectivity index (χ2v) is 7.89. The number of ether oxygens (including phenoxy) is 5. The van der Waals surface area contributed by atoms with Crippen LogP contribution in [0, 0.1) is 6.92 Å². The Hall–Kier alpha value is -1.07. The van der Waals surface area contributed by atoms with E-state index >= 15 is 0 Å². The van der Waals surface area contributed by atoms with Crippen LogP contribution in [-0.4, -0.2) is 65.7 Å². The molecule has 4 bridgehead atoms. The maximum atomic E-state index is 12.7. The first-order valence-corrected chi connectivity index (χ1v) is 9.37. The van der Waals surface area contributed by atoms with Gasteiger partial charge in [0.2, 0.25) is 0 Å². The minimum absolute atomic E-state index is 0.0751. The van der Waals surface area contributed by atoms with E-state index < -0.39 is 53.2 Å². The van der Waals surface area contributed by atoms with Gasteiger partial charge in [0, 0.05) is 14.2 Å². The second-order valence-electron chi connectivity index (χ2n) is 6.32. The van der Waals surface area contributed by atoms with Gasteiger partial charge in [-0.15, -0.1) is 0 Å². The van der Waals surface area contributed by atoms with E-state index in [0.29, 0.717) is 0 Å². The highest BCUT2D eigenvalue weighted by molar-refractivity contribution is 7.86. The molecular weight excluding hydrogens is 352 g/mol. The van der Waals surface area contributed by atoms with Crippen molar-refractivity contribution < 1.29 is 36.3 Å². The van der Waals surface area contributed by atoms with Crippen molar-refractivity contribution in [2.24, 2.45) is 0 Å². The lowest BCUT2D eigenvalue weighted by atomic mass is 9.82. The molecule has 0 spiro atoms. The van der Waals surface area contributed by atoms with Crippen LogP contribution in [0.5, 0.6) is 0 Å². The van der Waals surface area contributed by atoms with Gasteiger partial charge in [-0.05, 0) is 19.1 Å². The molecule has 25 heavy (non-hydrogen) atoms. The molecule has 1 saturated carbocycles. The van der Waals surface area contributed by atoms with Crippen molar-refractivity contribution in [3.8, 4) is 0 Å². The Labute approximate surface area is 146 Å². The molecule has 0 amide bonds. The van der Waals surface area contributed by atoms with Gasteiger partial charge < -0.3 is 23.7 Å². The number of aryl methyl sites for hydroxylation is 1. The average molecular weight is 372 g/mol. The molecule has 8 nitrogen and oxygen atoms in total. The molecule has 3 aliphatic heterocycles. The van der Waals surface area contributed by atoms with Crippen LogP contribution in [0.15, 0.2) is 29.2 Å². The lowest BCUT2D eigenvalue weighted by Crippen LogP contribution is -2.76. The number of rotatable bonds is 5. The normalized spacial score (nSPS) is 39.7. The summed E-state index contributed by atoms with van der Waals surface area (Å²) >= 11 is 0. The zero-order valence-corrected chi connectivity index (χ0v) is 14.8. The Bertz CT molecular complexity index is 711. The summed E-state index contributed by atoms with van der Waals surface area (Å²) in [6.07, 6.45) is -3.57. The zero-order chi connectivity index (χ0) is 17.8. The molecule has 3 unspecified atom stereocenters. The van der Waals surface area contributed by atoms with E-state index in [4.69, 9.17) is 27.9 Å². The maximum absolute atomic E-state index is 12.7. The predicted molar refractivity (Wildman–Crippen MR) is 83.2 cm³/mol. The largest absolute Gasteiger partial charge is 0.376 e. The van der Waals surface area contributed by atoms with E-state index in [1.54, 1.807) is 12.1 Å². The van der Waals surface area contributed by atoms with Crippen LogP contribution in [0.3, 0.4) is 0 Å². The SMILES string of the molecule is CO[C@@H]1C2OC3O[C@H](C(OS(=O)(=O)c4ccc(C)cc4)[C@@H]1O3)[C@H]2OC.